The van der Waals surface area contributed by atoms with Crippen LogP contribution >= 0.6 is 0 Å². The summed E-state index contributed by atoms with van der Waals surface area (Å²) in [6.07, 6.45) is 3.83. The summed E-state index contributed by atoms with van der Waals surface area (Å²) in [7, 11) is 1.60. The molecule has 2 N–H and O–H groups in total. The predicted molar refractivity (Wildman–Crippen MR) is 70.9 cm³/mol. The Morgan fingerprint density at radius 2 is 1.83 bits per heavy atom. The van der Waals surface area contributed by atoms with Crippen LogP contribution in [-0.2, 0) is 0 Å². The Morgan fingerprint density at radius 1 is 1.17 bits per heavy atom. The quantitative estimate of drug-likeness (QED) is 0.695. The van der Waals surface area contributed by atoms with Crippen LogP contribution < -0.4 is 10.1 Å². The minimum Gasteiger partial charge on any atom is -0.497 e. The van der Waals surface area contributed by atoms with Gasteiger partial charge >= 0.3 is 0 Å². The average molecular weight is 251 g/mol. The van der Waals surface area contributed by atoms with Gasteiger partial charge in [0.25, 0.3) is 5.91 Å². The molecule has 0 aliphatic heterocycles. The molecule has 1 amide bonds. The van der Waals surface area contributed by atoms with Gasteiger partial charge in [-0.15, -0.1) is 0 Å². The van der Waals surface area contributed by atoms with Gasteiger partial charge in [-0.05, 0) is 37.1 Å². The number of aliphatic hydroxyl groups is 1. The summed E-state index contributed by atoms with van der Waals surface area (Å²) >= 11 is 0. The number of aliphatic hydroxyl groups excluding tert-OH is 1. The van der Waals surface area contributed by atoms with Crippen LogP contribution in [0.25, 0.3) is 0 Å². The van der Waals surface area contributed by atoms with Crippen molar-refractivity contribution in [3.63, 3.8) is 0 Å². The van der Waals surface area contributed by atoms with Gasteiger partial charge in [0.15, 0.2) is 0 Å². The molecule has 0 fully saturated rings. The molecule has 0 atom stereocenters. The summed E-state index contributed by atoms with van der Waals surface area (Å²) in [5.74, 6) is 0.690. The van der Waals surface area contributed by atoms with Crippen LogP contribution in [0.3, 0.4) is 0 Å². The number of ether oxygens (including phenoxy) is 1. The van der Waals surface area contributed by atoms with E-state index in [1.54, 1.807) is 31.4 Å². The predicted octanol–water partition coefficient (Wildman–Crippen LogP) is 1.98. The number of hydrogen-bond acceptors (Lipinski definition) is 3. The first-order valence-corrected chi connectivity index (χ1v) is 6.31. The number of nitrogens with one attached hydrogen (secondary N) is 1. The lowest BCUT2D eigenvalue weighted by Gasteiger charge is -2.06. The molecule has 4 nitrogen and oxygen atoms in total. The zero-order valence-corrected chi connectivity index (χ0v) is 10.8. The molecule has 100 valence electrons. The van der Waals surface area contributed by atoms with Crippen LogP contribution in [0.15, 0.2) is 24.3 Å². The minimum atomic E-state index is -0.0557. The van der Waals surface area contributed by atoms with Gasteiger partial charge in [-0.1, -0.05) is 12.8 Å². The van der Waals surface area contributed by atoms with E-state index in [-0.39, 0.29) is 12.5 Å². The number of hydrogen-bond donors (Lipinski definition) is 2. The maximum Gasteiger partial charge on any atom is 0.251 e. The summed E-state index contributed by atoms with van der Waals surface area (Å²) in [5.41, 5.74) is 0.645. The first-order valence-electron chi connectivity index (χ1n) is 6.31. The van der Waals surface area contributed by atoms with Gasteiger partial charge < -0.3 is 15.2 Å². The molecule has 1 aromatic carbocycles. The summed E-state index contributed by atoms with van der Waals surface area (Å²) < 4.78 is 5.03. The molecule has 0 heterocycles. The van der Waals surface area contributed by atoms with Crippen LogP contribution in [-0.4, -0.2) is 31.3 Å². The maximum absolute atomic E-state index is 11.7. The number of methoxy groups -OCH3 is 1. The van der Waals surface area contributed by atoms with E-state index >= 15 is 0 Å². The van der Waals surface area contributed by atoms with E-state index in [4.69, 9.17) is 9.84 Å². The topological polar surface area (TPSA) is 58.6 Å². The van der Waals surface area contributed by atoms with E-state index in [0.29, 0.717) is 12.1 Å². The van der Waals surface area contributed by atoms with Crippen LogP contribution in [0, 0.1) is 0 Å². The molecule has 0 aliphatic rings. The smallest absolute Gasteiger partial charge is 0.251 e. The highest BCUT2D eigenvalue weighted by Gasteiger charge is 2.04. The van der Waals surface area contributed by atoms with Gasteiger partial charge in [0, 0.05) is 18.7 Å². The summed E-state index contributed by atoms with van der Waals surface area (Å²) in [6.45, 7) is 0.925. The van der Waals surface area contributed by atoms with Gasteiger partial charge in [0.1, 0.15) is 5.75 Å². The Kier molecular flexibility index (Phi) is 6.87. The van der Waals surface area contributed by atoms with Crippen molar-refractivity contribution in [3.05, 3.63) is 29.8 Å². The summed E-state index contributed by atoms with van der Waals surface area (Å²) in [5, 5.41) is 11.5. The zero-order chi connectivity index (χ0) is 13.2. The molecular weight excluding hydrogens is 230 g/mol. The third-order valence-electron chi connectivity index (χ3n) is 2.72. The Labute approximate surface area is 108 Å². The summed E-state index contributed by atoms with van der Waals surface area (Å²) in [6, 6.07) is 7.05. The van der Waals surface area contributed by atoms with E-state index in [2.05, 4.69) is 5.32 Å². The fourth-order valence-electron chi connectivity index (χ4n) is 1.64. The van der Waals surface area contributed by atoms with E-state index in [0.717, 1.165) is 31.4 Å². The van der Waals surface area contributed by atoms with Gasteiger partial charge in [-0.25, -0.2) is 0 Å². The molecule has 1 aromatic rings. The normalized spacial score (nSPS) is 10.1. The van der Waals surface area contributed by atoms with Crippen LogP contribution in [0.2, 0.25) is 0 Å². The molecule has 0 unspecified atom stereocenters. The number of carbonyl (C=O) groups excluding carboxylic acids is 1. The Bertz CT molecular complexity index is 349. The lowest BCUT2D eigenvalue weighted by Crippen LogP contribution is -2.24. The van der Waals surface area contributed by atoms with Crippen molar-refractivity contribution in [1.82, 2.24) is 5.32 Å². The fourth-order valence-corrected chi connectivity index (χ4v) is 1.64. The van der Waals surface area contributed by atoms with E-state index in [1.165, 1.54) is 0 Å². The lowest BCUT2D eigenvalue weighted by atomic mass is 10.2. The Balaban J connectivity index is 2.23. The van der Waals surface area contributed by atoms with Crippen molar-refractivity contribution in [3.8, 4) is 5.75 Å². The largest absolute Gasteiger partial charge is 0.497 e. The highest BCUT2D eigenvalue weighted by molar-refractivity contribution is 5.94. The monoisotopic (exact) mass is 251 g/mol. The fraction of sp³-hybridized carbons (Fsp3) is 0.500. The first kappa shape index (κ1) is 14.5. The SMILES string of the molecule is COc1ccc(C(=O)NCCCCCCO)cc1. The van der Waals surface area contributed by atoms with Gasteiger partial charge in [0.2, 0.25) is 0 Å². The van der Waals surface area contributed by atoms with Gasteiger partial charge in [-0.2, -0.15) is 0 Å². The molecule has 0 aromatic heterocycles. The first-order chi connectivity index (χ1) is 8.77. The number of carbonyl (C=O) groups is 1. The molecule has 0 saturated heterocycles. The number of unbranched alkanes of at least 4 members (excludes halogenated alkanes) is 3. The maximum atomic E-state index is 11.7. The summed E-state index contributed by atoms with van der Waals surface area (Å²) in [4.78, 5) is 11.7. The van der Waals surface area contributed by atoms with E-state index in [1.807, 2.05) is 0 Å². The number of benzene rings is 1. The molecule has 0 spiro atoms. The van der Waals surface area contributed by atoms with Crippen LogP contribution in [0.4, 0.5) is 0 Å². The molecular formula is C14H21NO3. The second-order valence-corrected chi connectivity index (χ2v) is 4.12. The van der Waals surface area contributed by atoms with Crippen molar-refractivity contribution in [2.24, 2.45) is 0 Å². The molecule has 0 radical (unpaired) electrons. The third kappa shape index (κ3) is 5.19. The van der Waals surface area contributed by atoms with Crippen molar-refractivity contribution in [2.45, 2.75) is 25.7 Å². The molecule has 18 heavy (non-hydrogen) atoms. The van der Waals surface area contributed by atoms with Crippen LogP contribution in [0.1, 0.15) is 36.0 Å². The van der Waals surface area contributed by atoms with Crippen molar-refractivity contribution in [2.75, 3.05) is 20.3 Å². The van der Waals surface area contributed by atoms with Crippen molar-refractivity contribution in [1.29, 1.82) is 0 Å². The van der Waals surface area contributed by atoms with Gasteiger partial charge in [-0.3, -0.25) is 4.79 Å². The standard InChI is InChI=1S/C14H21NO3/c1-18-13-8-6-12(7-9-13)14(17)15-10-4-2-3-5-11-16/h6-9,16H,2-5,10-11H2,1H3,(H,15,17). The van der Waals surface area contributed by atoms with Crippen molar-refractivity contribution >= 4 is 5.91 Å². The Hall–Kier alpha value is -1.55. The molecule has 0 aliphatic carbocycles. The average Bonchev–Trinajstić information content (AvgIpc) is 2.42. The highest BCUT2D eigenvalue weighted by Crippen LogP contribution is 2.11. The van der Waals surface area contributed by atoms with E-state index in [9.17, 15) is 4.79 Å². The molecule has 0 saturated carbocycles. The molecule has 0 bridgehead atoms. The van der Waals surface area contributed by atoms with Crippen molar-refractivity contribution < 1.29 is 14.6 Å². The van der Waals surface area contributed by atoms with Crippen LogP contribution in [0.5, 0.6) is 5.75 Å². The third-order valence-corrected chi connectivity index (χ3v) is 2.72. The molecule has 1 rings (SSSR count). The minimum absolute atomic E-state index is 0.0557. The zero-order valence-electron chi connectivity index (χ0n) is 10.8. The highest BCUT2D eigenvalue weighted by atomic mass is 16.5. The second kappa shape index (κ2) is 8.53. The number of rotatable bonds is 8. The number of amides is 1. The van der Waals surface area contributed by atoms with E-state index < -0.39 is 0 Å². The lowest BCUT2D eigenvalue weighted by molar-refractivity contribution is 0.0953. The molecule has 4 heteroatoms. The van der Waals surface area contributed by atoms with Gasteiger partial charge in [0.05, 0.1) is 7.11 Å². The Morgan fingerprint density at radius 3 is 2.44 bits per heavy atom. The second-order valence-electron chi connectivity index (χ2n) is 4.12.